The first kappa shape index (κ1) is 16.0. The Labute approximate surface area is 143 Å². The zero-order chi connectivity index (χ0) is 17.1. The van der Waals surface area contributed by atoms with Crippen molar-refractivity contribution in [2.24, 2.45) is 0 Å². The van der Waals surface area contributed by atoms with Crippen molar-refractivity contribution in [2.75, 3.05) is 10.9 Å². The molecule has 7 heteroatoms. The Kier molecular flexibility index (Phi) is 4.48. The molecule has 0 saturated carbocycles. The first-order valence-electron chi connectivity index (χ1n) is 7.28. The minimum Gasteiger partial charge on any atom is -0.481 e. The van der Waals surface area contributed by atoms with E-state index in [0.29, 0.717) is 22.4 Å². The van der Waals surface area contributed by atoms with E-state index in [1.807, 2.05) is 43.3 Å². The number of aliphatic carboxylic acids is 1. The Morgan fingerprint density at radius 2 is 1.83 bits per heavy atom. The van der Waals surface area contributed by atoms with Crippen molar-refractivity contribution in [3.8, 4) is 0 Å². The third kappa shape index (κ3) is 3.55. The van der Waals surface area contributed by atoms with Crippen LogP contribution in [0.4, 0.5) is 11.5 Å². The van der Waals surface area contributed by atoms with E-state index in [-0.39, 0.29) is 11.6 Å². The molecule has 122 valence electrons. The van der Waals surface area contributed by atoms with Crippen LogP contribution in [0.3, 0.4) is 0 Å². The Bertz CT molecular complexity index is 900. The Morgan fingerprint density at radius 1 is 1.12 bits per heavy atom. The van der Waals surface area contributed by atoms with Crippen LogP contribution < -0.4 is 10.9 Å². The SMILES string of the molecule is Cc1cc2nc(NNc3ccccc3)c(Cl)nc2cc1CC(=O)O. The van der Waals surface area contributed by atoms with Crippen LogP contribution in [0, 0.1) is 6.92 Å². The molecule has 3 aromatic rings. The molecule has 1 aromatic heterocycles. The molecule has 3 rings (SSSR count). The van der Waals surface area contributed by atoms with Crippen LogP contribution in [-0.4, -0.2) is 21.0 Å². The van der Waals surface area contributed by atoms with Gasteiger partial charge in [-0.2, -0.15) is 0 Å². The molecule has 2 aromatic carbocycles. The first-order valence-corrected chi connectivity index (χ1v) is 7.66. The van der Waals surface area contributed by atoms with Gasteiger partial charge < -0.3 is 5.11 Å². The molecular formula is C17H15ClN4O2. The average Bonchev–Trinajstić information content (AvgIpc) is 2.55. The normalized spacial score (nSPS) is 10.6. The smallest absolute Gasteiger partial charge is 0.307 e. The van der Waals surface area contributed by atoms with Gasteiger partial charge >= 0.3 is 5.97 Å². The minimum absolute atomic E-state index is 0.0589. The summed E-state index contributed by atoms with van der Waals surface area (Å²) in [6, 6.07) is 13.1. The predicted octanol–water partition coefficient (Wildman–Crippen LogP) is 3.66. The van der Waals surface area contributed by atoms with Gasteiger partial charge in [-0.05, 0) is 42.3 Å². The van der Waals surface area contributed by atoms with E-state index in [1.54, 1.807) is 6.07 Å². The lowest BCUT2D eigenvalue weighted by Gasteiger charge is -2.12. The van der Waals surface area contributed by atoms with Crippen LogP contribution in [0.25, 0.3) is 11.0 Å². The zero-order valence-electron chi connectivity index (χ0n) is 12.9. The van der Waals surface area contributed by atoms with Gasteiger partial charge in [-0.15, -0.1) is 0 Å². The number of aromatic nitrogens is 2. The fourth-order valence-corrected chi connectivity index (χ4v) is 2.50. The van der Waals surface area contributed by atoms with Gasteiger partial charge in [0.05, 0.1) is 23.1 Å². The van der Waals surface area contributed by atoms with Gasteiger partial charge in [0.2, 0.25) is 0 Å². The molecule has 0 amide bonds. The summed E-state index contributed by atoms with van der Waals surface area (Å²) in [5.74, 6) is -0.486. The summed E-state index contributed by atoms with van der Waals surface area (Å²) in [4.78, 5) is 19.7. The number of hydrazine groups is 1. The third-order valence-corrected chi connectivity index (χ3v) is 3.78. The van der Waals surface area contributed by atoms with Crippen molar-refractivity contribution in [3.63, 3.8) is 0 Å². The maximum atomic E-state index is 10.9. The molecule has 0 aliphatic heterocycles. The lowest BCUT2D eigenvalue weighted by atomic mass is 10.0. The highest BCUT2D eigenvalue weighted by Gasteiger charge is 2.11. The molecule has 0 aliphatic rings. The maximum absolute atomic E-state index is 10.9. The van der Waals surface area contributed by atoms with Crippen LogP contribution in [0.15, 0.2) is 42.5 Å². The van der Waals surface area contributed by atoms with E-state index in [4.69, 9.17) is 16.7 Å². The largest absolute Gasteiger partial charge is 0.481 e. The molecule has 0 fully saturated rings. The first-order chi connectivity index (χ1) is 11.5. The average molecular weight is 343 g/mol. The van der Waals surface area contributed by atoms with E-state index in [0.717, 1.165) is 11.3 Å². The van der Waals surface area contributed by atoms with Crippen LogP contribution in [0.1, 0.15) is 11.1 Å². The zero-order valence-corrected chi connectivity index (χ0v) is 13.6. The van der Waals surface area contributed by atoms with E-state index in [1.165, 1.54) is 0 Å². The molecule has 0 bridgehead atoms. The summed E-state index contributed by atoms with van der Waals surface area (Å²) >= 11 is 6.17. The number of carbonyl (C=O) groups is 1. The van der Waals surface area contributed by atoms with Gasteiger partial charge in [0, 0.05) is 0 Å². The number of carboxylic acids is 1. The number of carboxylic acid groups (broad SMARTS) is 1. The Hall–Kier alpha value is -2.86. The highest BCUT2D eigenvalue weighted by Crippen LogP contribution is 2.24. The van der Waals surface area contributed by atoms with Gasteiger partial charge in [0.1, 0.15) is 0 Å². The summed E-state index contributed by atoms with van der Waals surface area (Å²) < 4.78 is 0. The quantitative estimate of drug-likeness (QED) is 0.613. The van der Waals surface area contributed by atoms with Crippen molar-refractivity contribution in [2.45, 2.75) is 13.3 Å². The molecule has 0 unspecified atom stereocenters. The number of hydrogen-bond acceptors (Lipinski definition) is 5. The fourth-order valence-electron chi connectivity index (χ4n) is 2.31. The van der Waals surface area contributed by atoms with Crippen molar-refractivity contribution in [1.29, 1.82) is 0 Å². The predicted molar refractivity (Wildman–Crippen MR) is 94.3 cm³/mol. The number of anilines is 2. The molecule has 0 atom stereocenters. The van der Waals surface area contributed by atoms with Gasteiger partial charge in [-0.1, -0.05) is 29.8 Å². The lowest BCUT2D eigenvalue weighted by molar-refractivity contribution is -0.136. The number of nitrogens with one attached hydrogen (secondary N) is 2. The molecule has 3 N–H and O–H groups in total. The Balaban J connectivity index is 1.90. The van der Waals surface area contributed by atoms with Gasteiger partial charge in [0.25, 0.3) is 0 Å². The molecular weight excluding hydrogens is 328 g/mol. The van der Waals surface area contributed by atoms with Gasteiger partial charge in [-0.25, -0.2) is 9.97 Å². The maximum Gasteiger partial charge on any atom is 0.307 e. The number of aryl methyl sites for hydroxylation is 1. The molecule has 1 heterocycles. The lowest BCUT2D eigenvalue weighted by Crippen LogP contribution is -2.11. The Morgan fingerprint density at radius 3 is 2.54 bits per heavy atom. The summed E-state index contributed by atoms with van der Waals surface area (Å²) in [6.45, 7) is 1.85. The number of fused-ring (bicyclic) bond motifs is 1. The second kappa shape index (κ2) is 6.72. The van der Waals surface area contributed by atoms with Crippen LogP contribution >= 0.6 is 11.6 Å². The van der Waals surface area contributed by atoms with Crippen molar-refractivity contribution < 1.29 is 9.90 Å². The topological polar surface area (TPSA) is 87.1 Å². The number of halogens is 1. The fraction of sp³-hybridized carbons (Fsp3) is 0.118. The molecule has 24 heavy (non-hydrogen) atoms. The molecule has 0 saturated heterocycles. The minimum atomic E-state index is -0.887. The summed E-state index contributed by atoms with van der Waals surface area (Å²) in [5.41, 5.74) is 9.56. The molecule has 6 nitrogen and oxygen atoms in total. The highest BCUT2D eigenvalue weighted by atomic mass is 35.5. The molecule has 0 aliphatic carbocycles. The van der Waals surface area contributed by atoms with E-state index < -0.39 is 5.97 Å². The van der Waals surface area contributed by atoms with Crippen LogP contribution in [0.2, 0.25) is 5.15 Å². The summed E-state index contributed by atoms with van der Waals surface area (Å²) in [6.07, 6.45) is -0.0589. The number of hydrogen-bond donors (Lipinski definition) is 3. The van der Waals surface area contributed by atoms with Gasteiger partial charge in [-0.3, -0.25) is 15.6 Å². The van der Waals surface area contributed by atoms with Gasteiger partial charge in [0.15, 0.2) is 11.0 Å². The second-order valence-electron chi connectivity index (χ2n) is 5.32. The highest BCUT2D eigenvalue weighted by molar-refractivity contribution is 6.32. The molecule has 0 radical (unpaired) electrons. The van der Waals surface area contributed by atoms with Crippen LogP contribution in [0.5, 0.6) is 0 Å². The van der Waals surface area contributed by atoms with Crippen molar-refractivity contribution in [1.82, 2.24) is 9.97 Å². The number of rotatable bonds is 5. The van der Waals surface area contributed by atoms with E-state index in [9.17, 15) is 4.79 Å². The number of para-hydroxylation sites is 1. The van der Waals surface area contributed by atoms with E-state index in [2.05, 4.69) is 20.8 Å². The molecule has 0 spiro atoms. The third-order valence-electron chi connectivity index (χ3n) is 3.52. The second-order valence-corrected chi connectivity index (χ2v) is 5.67. The standard InChI is InChI=1S/C17H15ClN4O2/c1-10-7-13-14(8-11(10)9-15(23)24)19-16(18)17(20-13)22-21-12-5-3-2-4-6-12/h2-8,21H,9H2,1H3,(H,20,22)(H,23,24). The summed E-state index contributed by atoms with van der Waals surface area (Å²) in [5, 5.41) is 9.16. The van der Waals surface area contributed by atoms with Crippen molar-refractivity contribution >= 4 is 40.1 Å². The number of nitrogens with zero attached hydrogens (tertiary/aromatic N) is 2. The number of benzene rings is 2. The monoisotopic (exact) mass is 342 g/mol. The van der Waals surface area contributed by atoms with E-state index >= 15 is 0 Å². The van der Waals surface area contributed by atoms with Crippen molar-refractivity contribution in [3.05, 3.63) is 58.7 Å². The summed E-state index contributed by atoms with van der Waals surface area (Å²) in [7, 11) is 0. The van der Waals surface area contributed by atoms with Crippen LogP contribution in [-0.2, 0) is 11.2 Å².